The van der Waals surface area contributed by atoms with Crippen molar-refractivity contribution < 1.29 is 4.79 Å². The summed E-state index contributed by atoms with van der Waals surface area (Å²) in [6, 6.07) is 9.64. The number of nitrogens with one attached hydrogen (secondary N) is 1. The average molecular weight is 449 g/mol. The molecule has 0 saturated heterocycles. The number of thioether (sulfide) groups is 1. The molecule has 0 bridgehead atoms. The summed E-state index contributed by atoms with van der Waals surface area (Å²) in [5.74, 6) is 0.529. The van der Waals surface area contributed by atoms with Crippen LogP contribution in [-0.2, 0) is 4.79 Å². The molecule has 1 aromatic carbocycles. The Balaban J connectivity index is 2.36. The zero-order chi connectivity index (χ0) is 22.6. The van der Waals surface area contributed by atoms with Crippen LogP contribution >= 0.6 is 23.4 Å². The average Bonchev–Trinajstić information content (AvgIpc) is 3.10. The van der Waals surface area contributed by atoms with Gasteiger partial charge in [0.15, 0.2) is 11.0 Å². The molecule has 0 spiro atoms. The molecular weight excluding hydrogens is 420 g/mol. The fourth-order valence-corrected chi connectivity index (χ4v) is 3.56. The summed E-state index contributed by atoms with van der Waals surface area (Å²) in [5.41, 5.74) is -0.0624. The van der Waals surface area contributed by atoms with Crippen LogP contribution in [0.1, 0.15) is 46.5 Å². The van der Waals surface area contributed by atoms with Crippen molar-refractivity contribution in [2.75, 3.05) is 14.1 Å². The highest BCUT2D eigenvalue weighted by molar-refractivity contribution is 8.00. The minimum Gasteiger partial charge on any atom is -0.337 e. The second-order valence-corrected chi connectivity index (χ2v) is 9.75. The van der Waals surface area contributed by atoms with Crippen LogP contribution in [0.3, 0.4) is 0 Å². The van der Waals surface area contributed by atoms with Gasteiger partial charge in [-0.1, -0.05) is 37.2 Å². The lowest BCUT2D eigenvalue weighted by Crippen LogP contribution is -2.51. The number of hydrogen-bond donors (Lipinski definition) is 1. The van der Waals surface area contributed by atoms with E-state index in [9.17, 15) is 10.1 Å². The first-order valence-corrected chi connectivity index (χ1v) is 11.0. The monoisotopic (exact) mass is 448 g/mol. The largest absolute Gasteiger partial charge is 0.337 e. The van der Waals surface area contributed by atoms with Crippen molar-refractivity contribution in [3.8, 4) is 11.8 Å². The van der Waals surface area contributed by atoms with E-state index in [1.165, 1.54) is 11.8 Å². The molecule has 0 aliphatic carbocycles. The zero-order valence-corrected chi connectivity index (χ0v) is 20.0. The number of amides is 1. The quantitative estimate of drug-likeness (QED) is 0.612. The summed E-state index contributed by atoms with van der Waals surface area (Å²) in [6.07, 6.45) is 0. The molecule has 1 aromatic heterocycles. The van der Waals surface area contributed by atoms with Crippen LogP contribution in [0.25, 0.3) is 5.69 Å². The highest BCUT2D eigenvalue weighted by Crippen LogP contribution is 2.30. The predicted molar refractivity (Wildman–Crippen MR) is 121 cm³/mol. The standard InChI is InChI=1S/C21H29ClN6OS/c1-13(2)21(5,12-23)24-19(29)15(4)30-20-26-25-18(14(3)27(6)7)28(20)17-10-8-16(22)9-11-17/h8-11,13-15H,1-7H3,(H,24,29). The lowest BCUT2D eigenvalue weighted by atomic mass is 9.90. The topological polar surface area (TPSA) is 86.8 Å². The van der Waals surface area contributed by atoms with E-state index in [1.54, 1.807) is 13.8 Å². The smallest absolute Gasteiger partial charge is 0.234 e. The molecule has 0 aliphatic rings. The molecule has 162 valence electrons. The number of nitriles is 1. The van der Waals surface area contributed by atoms with Crippen molar-refractivity contribution in [3.63, 3.8) is 0 Å². The minimum absolute atomic E-state index is 0.00878. The third kappa shape index (κ3) is 5.34. The first kappa shape index (κ1) is 24.2. The van der Waals surface area contributed by atoms with Gasteiger partial charge in [0.2, 0.25) is 5.91 Å². The molecule has 2 aromatic rings. The zero-order valence-electron chi connectivity index (χ0n) is 18.5. The summed E-state index contributed by atoms with van der Waals surface area (Å²) in [7, 11) is 3.95. The highest BCUT2D eigenvalue weighted by Gasteiger charge is 2.32. The Morgan fingerprint density at radius 2 is 1.83 bits per heavy atom. The van der Waals surface area contributed by atoms with E-state index < -0.39 is 10.8 Å². The lowest BCUT2D eigenvalue weighted by molar-refractivity contribution is -0.121. The van der Waals surface area contributed by atoms with Gasteiger partial charge in [-0.2, -0.15) is 5.26 Å². The van der Waals surface area contributed by atoms with Crippen molar-refractivity contribution in [1.29, 1.82) is 5.26 Å². The van der Waals surface area contributed by atoms with E-state index in [2.05, 4.69) is 21.6 Å². The van der Waals surface area contributed by atoms with E-state index in [0.717, 1.165) is 11.5 Å². The van der Waals surface area contributed by atoms with Gasteiger partial charge in [-0.15, -0.1) is 10.2 Å². The molecule has 3 unspecified atom stereocenters. The number of benzene rings is 1. The molecule has 7 nitrogen and oxygen atoms in total. The van der Waals surface area contributed by atoms with Crippen molar-refractivity contribution in [3.05, 3.63) is 35.1 Å². The van der Waals surface area contributed by atoms with Crippen LogP contribution < -0.4 is 5.32 Å². The number of nitrogens with zero attached hydrogens (tertiary/aromatic N) is 5. The maximum absolute atomic E-state index is 12.8. The number of rotatable bonds is 8. The van der Waals surface area contributed by atoms with Gasteiger partial charge >= 0.3 is 0 Å². The molecule has 1 N–H and O–H groups in total. The van der Waals surface area contributed by atoms with Crippen molar-refractivity contribution in [2.24, 2.45) is 5.92 Å². The van der Waals surface area contributed by atoms with Crippen molar-refractivity contribution >= 4 is 29.3 Å². The minimum atomic E-state index is -0.930. The first-order chi connectivity index (χ1) is 14.0. The Kier molecular flexibility index (Phi) is 7.92. The predicted octanol–water partition coefficient (Wildman–Crippen LogP) is 4.08. The molecule has 1 heterocycles. The van der Waals surface area contributed by atoms with Crippen LogP contribution in [-0.4, -0.2) is 50.5 Å². The number of hydrogen-bond acceptors (Lipinski definition) is 6. The second kappa shape index (κ2) is 9.82. The van der Waals surface area contributed by atoms with Gasteiger partial charge in [0, 0.05) is 10.7 Å². The van der Waals surface area contributed by atoms with Crippen LogP contribution in [0, 0.1) is 17.2 Å². The molecule has 30 heavy (non-hydrogen) atoms. The molecule has 3 atom stereocenters. The van der Waals surface area contributed by atoms with Crippen molar-refractivity contribution in [2.45, 2.75) is 56.6 Å². The van der Waals surface area contributed by atoms with E-state index in [0.29, 0.717) is 10.2 Å². The maximum Gasteiger partial charge on any atom is 0.234 e. The SMILES string of the molecule is CC(Sc1nnc(C(C)N(C)C)n1-c1ccc(Cl)cc1)C(=O)NC(C)(C#N)C(C)C. The lowest BCUT2D eigenvalue weighted by Gasteiger charge is -2.28. The summed E-state index contributed by atoms with van der Waals surface area (Å²) >= 11 is 7.37. The second-order valence-electron chi connectivity index (χ2n) is 8.01. The van der Waals surface area contributed by atoms with E-state index in [-0.39, 0.29) is 17.9 Å². The Morgan fingerprint density at radius 1 is 1.23 bits per heavy atom. The van der Waals surface area contributed by atoms with Crippen LogP contribution in [0.4, 0.5) is 0 Å². The Labute approximate surface area is 187 Å². The van der Waals surface area contributed by atoms with E-state index >= 15 is 0 Å². The Morgan fingerprint density at radius 3 is 2.33 bits per heavy atom. The van der Waals surface area contributed by atoms with Crippen molar-refractivity contribution in [1.82, 2.24) is 25.0 Å². The molecule has 0 aliphatic heterocycles. The third-order valence-corrected chi connectivity index (χ3v) is 6.61. The molecule has 1 amide bonds. The summed E-state index contributed by atoms with van der Waals surface area (Å²) in [4.78, 5) is 14.8. The Bertz CT molecular complexity index is 921. The molecular formula is C21H29ClN6OS. The maximum atomic E-state index is 12.8. The van der Waals surface area contributed by atoms with Gasteiger partial charge in [-0.05, 0) is 65.0 Å². The molecule has 0 saturated carbocycles. The van der Waals surface area contributed by atoms with Crippen LogP contribution in [0.2, 0.25) is 5.02 Å². The van der Waals surface area contributed by atoms with Gasteiger partial charge < -0.3 is 5.32 Å². The van der Waals surface area contributed by atoms with Gasteiger partial charge in [0.05, 0.1) is 17.4 Å². The van der Waals surface area contributed by atoms with Gasteiger partial charge in [-0.25, -0.2) is 0 Å². The van der Waals surface area contributed by atoms with Gasteiger partial charge in [0.25, 0.3) is 0 Å². The van der Waals surface area contributed by atoms with E-state index in [4.69, 9.17) is 11.6 Å². The number of halogens is 1. The summed E-state index contributed by atoms with van der Waals surface area (Å²) in [6.45, 7) is 9.40. The normalized spacial score (nSPS) is 15.5. The molecule has 9 heteroatoms. The highest BCUT2D eigenvalue weighted by atomic mass is 35.5. The van der Waals surface area contributed by atoms with E-state index in [1.807, 2.05) is 68.6 Å². The fourth-order valence-electron chi connectivity index (χ4n) is 2.56. The summed E-state index contributed by atoms with van der Waals surface area (Å²) in [5, 5.41) is 21.9. The Hall–Kier alpha value is -2.08. The number of carbonyl (C=O) groups excluding carboxylic acids is 1. The molecule has 0 radical (unpaired) electrons. The first-order valence-electron chi connectivity index (χ1n) is 9.77. The van der Waals surface area contributed by atoms with Gasteiger partial charge in [0.1, 0.15) is 5.54 Å². The summed E-state index contributed by atoms with van der Waals surface area (Å²) < 4.78 is 1.95. The number of carbonyl (C=O) groups is 1. The van der Waals surface area contributed by atoms with Gasteiger partial charge in [-0.3, -0.25) is 14.3 Å². The van der Waals surface area contributed by atoms with Crippen LogP contribution in [0.5, 0.6) is 0 Å². The third-order valence-electron chi connectivity index (χ3n) is 5.31. The number of aromatic nitrogens is 3. The van der Waals surface area contributed by atoms with Crippen LogP contribution in [0.15, 0.2) is 29.4 Å². The fraction of sp³-hybridized carbons (Fsp3) is 0.524. The molecule has 2 rings (SSSR count). The molecule has 0 fully saturated rings.